The summed E-state index contributed by atoms with van der Waals surface area (Å²) >= 11 is 0. The SMILES string of the molecule is NCCC(O)c1cccc(C2CCCCCC2)c1. The van der Waals surface area contributed by atoms with Crippen LogP contribution in [-0.2, 0) is 0 Å². The zero-order valence-corrected chi connectivity index (χ0v) is 11.1. The Morgan fingerprint density at radius 1 is 1.17 bits per heavy atom. The van der Waals surface area contributed by atoms with Gasteiger partial charge < -0.3 is 10.8 Å². The standard InChI is InChI=1S/C16H25NO/c17-11-10-16(18)15-9-5-8-14(12-15)13-6-3-1-2-4-7-13/h5,8-9,12-13,16,18H,1-4,6-7,10-11,17H2. The van der Waals surface area contributed by atoms with Crippen molar-refractivity contribution < 1.29 is 5.11 Å². The summed E-state index contributed by atoms with van der Waals surface area (Å²) in [5.41, 5.74) is 7.95. The second kappa shape index (κ2) is 6.91. The van der Waals surface area contributed by atoms with E-state index in [1.54, 1.807) is 0 Å². The average molecular weight is 247 g/mol. The maximum Gasteiger partial charge on any atom is 0.0802 e. The first-order chi connectivity index (χ1) is 8.81. The summed E-state index contributed by atoms with van der Waals surface area (Å²) in [4.78, 5) is 0. The molecule has 0 spiro atoms. The lowest BCUT2D eigenvalue weighted by Gasteiger charge is -2.17. The van der Waals surface area contributed by atoms with Crippen LogP contribution in [0.2, 0.25) is 0 Å². The smallest absolute Gasteiger partial charge is 0.0802 e. The van der Waals surface area contributed by atoms with Gasteiger partial charge in [0.1, 0.15) is 0 Å². The van der Waals surface area contributed by atoms with Crippen molar-refractivity contribution in [2.75, 3.05) is 6.54 Å². The van der Waals surface area contributed by atoms with Crippen molar-refractivity contribution in [3.63, 3.8) is 0 Å². The van der Waals surface area contributed by atoms with Crippen molar-refractivity contribution in [2.24, 2.45) is 5.73 Å². The van der Waals surface area contributed by atoms with Gasteiger partial charge in [-0.05, 0) is 42.9 Å². The highest BCUT2D eigenvalue weighted by Gasteiger charge is 2.15. The van der Waals surface area contributed by atoms with Crippen molar-refractivity contribution in [1.29, 1.82) is 0 Å². The molecular formula is C16H25NO. The third-order valence-corrected chi connectivity index (χ3v) is 4.06. The molecule has 0 bridgehead atoms. The van der Waals surface area contributed by atoms with E-state index in [1.165, 1.54) is 44.1 Å². The maximum atomic E-state index is 10.0. The van der Waals surface area contributed by atoms with Gasteiger partial charge in [0.2, 0.25) is 0 Å². The lowest BCUT2D eigenvalue weighted by Crippen LogP contribution is -2.07. The quantitative estimate of drug-likeness (QED) is 0.800. The Morgan fingerprint density at radius 3 is 2.56 bits per heavy atom. The van der Waals surface area contributed by atoms with Crippen LogP contribution in [0, 0.1) is 0 Å². The van der Waals surface area contributed by atoms with Crippen molar-refractivity contribution in [3.8, 4) is 0 Å². The molecule has 3 N–H and O–H groups in total. The molecule has 1 aromatic rings. The predicted octanol–water partition coefficient (Wildman–Crippen LogP) is 3.51. The van der Waals surface area contributed by atoms with Gasteiger partial charge in [-0.25, -0.2) is 0 Å². The van der Waals surface area contributed by atoms with Crippen LogP contribution in [0.3, 0.4) is 0 Å². The van der Waals surface area contributed by atoms with Crippen molar-refractivity contribution in [1.82, 2.24) is 0 Å². The highest BCUT2D eigenvalue weighted by atomic mass is 16.3. The molecule has 1 aromatic carbocycles. The molecule has 0 aliphatic heterocycles. The molecule has 0 radical (unpaired) electrons. The van der Waals surface area contributed by atoms with E-state index in [1.807, 2.05) is 6.07 Å². The third-order valence-electron chi connectivity index (χ3n) is 4.06. The van der Waals surface area contributed by atoms with Crippen LogP contribution in [0.4, 0.5) is 0 Å². The molecule has 1 saturated carbocycles. The van der Waals surface area contributed by atoms with Crippen LogP contribution >= 0.6 is 0 Å². The first-order valence-corrected chi connectivity index (χ1v) is 7.29. The Bertz CT molecular complexity index is 356. The Labute approximate surface area is 110 Å². The zero-order valence-electron chi connectivity index (χ0n) is 11.1. The molecule has 0 aromatic heterocycles. The van der Waals surface area contributed by atoms with E-state index in [9.17, 15) is 5.11 Å². The van der Waals surface area contributed by atoms with Crippen LogP contribution in [0.15, 0.2) is 24.3 Å². The highest BCUT2D eigenvalue weighted by Crippen LogP contribution is 2.32. The number of benzene rings is 1. The largest absolute Gasteiger partial charge is 0.388 e. The molecule has 1 aliphatic carbocycles. The molecule has 100 valence electrons. The lowest BCUT2D eigenvalue weighted by molar-refractivity contribution is 0.170. The van der Waals surface area contributed by atoms with E-state index >= 15 is 0 Å². The predicted molar refractivity (Wildman–Crippen MR) is 75.5 cm³/mol. The van der Waals surface area contributed by atoms with Gasteiger partial charge in [0, 0.05) is 0 Å². The summed E-state index contributed by atoms with van der Waals surface area (Å²) in [7, 11) is 0. The molecule has 1 unspecified atom stereocenters. The number of hydrogen-bond donors (Lipinski definition) is 2. The van der Waals surface area contributed by atoms with Gasteiger partial charge in [-0.2, -0.15) is 0 Å². The third kappa shape index (κ3) is 3.56. The molecule has 2 heteroatoms. The summed E-state index contributed by atoms with van der Waals surface area (Å²) in [6, 6.07) is 8.50. The minimum absolute atomic E-state index is 0.402. The maximum absolute atomic E-state index is 10.0. The summed E-state index contributed by atoms with van der Waals surface area (Å²) in [6.45, 7) is 0.537. The first-order valence-electron chi connectivity index (χ1n) is 7.29. The number of aliphatic hydroxyl groups excluding tert-OH is 1. The van der Waals surface area contributed by atoms with E-state index in [0.29, 0.717) is 18.9 Å². The normalized spacial score (nSPS) is 19.4. The Kier molecular flexibility index (Phi) is 5.21. The van der Waals surface area contributed by atoms with Gasteiger partial charge in [0.15, 0.2) is 0 Å². The van der Waals surface area contributed by atoms with E-state index in [0.717, 1.165) is 5.56 Å². The first kappa shape index (κ1) is 13.6. The van der Waals surface area contributed by atoms with Crippen LogP contribution in [0.1, 0.15) is 68.1 Å². The van der Waals surface area contributed by atoms with Gasteiger partial charge in [-0.1, -0.05) is 49.9 Å². The van der Waals surface area contributed by atoms with Gasteiger partial charge in [-0.3, -0.25) is 0 Å². The fraction of sp³-hybridized carbons (Fsp3) is 0.625. The number of hydrogen-bond acceptors (Lipinski definition) is 2. The summed E-state index contributed by atoms with van der Waals surface area (Å²) < 4.78 is 0. The highest BCUT2D eigenvalue weighted by molar-refractivity contribution is 5.28. The number of rotatable bonds is 4. The van der Waals surface area contributed by atoms with Crippen molar-refractivity contribution in [2.45, 2.75) is 57.0 Å². The second-order valence-electron chi connectivity index (χ2n) is 5.45. The minimum atomic E-state index is -0.402. The molecule has 1 atom stereocenters. The van der Waals surface area contributed by atoms with E-state index in [2.05, 4.69) is 18.2 Å². The summed E-state index contributed by atoms with van der Waals surface area (Å²) in [6.07, 6.45) is 8.31. The fourth-order valence-electron chi connectivity index (χ4n) is 2.96. The molecule has 18 heavy (non-hydrogen) atoms. The average Bonchev–Trinajstić information content (AvgIpc) is 2.68. The van der Waals surface area contributed by atoms with Crippen molar-refractivity contribution >= 4 is 0 Å². The second-order valence-corrected chi connectivity index (χ2v) is 5.45. The Balaban J connectivity index is 2.10. The zero-order chi connectivity index (χ0) is 12.8. The number of aliphatic hydroxyl groups is 1. The van der Waals surface area contributed by atoms with Gasteiger partial charge in [0.25, 0.3) is 0 Å². The van der Waals surface area contributed by atoms with E-state index < -0.39 is 6.10 Å². The van der Waals surface area contributed by atoms with Crippen molar-refractivity contribution in [3.05, 3.63) is 35.4 Å². The van der Waals surface area contributed by atoms with Gasteiger partial charge in [0.05, 0.1) is 6.10 Å². The fourth-order valence-corrected chi connectivity index (χ4v) is 2.96. The van der Waals surface area contributed by atoms with Crippen LogP contribution in [-0.4, -0.2) is 11.7 Å². The molecule has 1 fully saturated rings. The lowest BCUT2D eigenvalue weighted by atomic mass is 9.90. The van der Waals surface area contributed by atoms with E-state index in [-0.39, 0.29) is 0 Å². The molecule has 0 saturated heterocycles. The number of nitrogens with two attached hydrogens (primary N) is 1. The Hall–Kier alpha value is -0.860. The molecule has 0 amide bonds. The van der Waals surface area contributed by atoms with Crippen LogP contribution in [0.5, 0.6) is 0 Å². The topological polar surface area (TPSA) is 46.2 Å². The Morgan fingerprint density at radius 2 is 1.89 bits per heavy atom. The molecule has 0 heterocycles. The minimum Gasteiger partial charge on any atom is -0.388 e. The van der Waals surface area contributed by atoms with Crippen LogP contribution < -0.4 is 5.73 Å². The molecule has 2 nitrogen and oxygen atoms in total. The summed E-state index contributed by atoms with van der Waals surface area (Å²) in [5, 5.41) is 10.0. The van der Waals surface area contributed by atoms with E-state index in [4.69, 9.17) is 5.73 Å². The molecular weight excluding hydrogens is 222 g/mol. The summed E-state index contributed by atoms with van der Waals surface area (Å²) in [5.74, 6) is 0.692. The molecule has 2 rings (SSSR count). The molecule has 1 aliphatic rings. The monoisotopic (exact) mass is 247 g/mol. The van der Waals surface area contributed by atoms with Gasteiger partial charge >= 0.3 is 0 Å². The van der Waals surface area contributed by atoms with Crippen LogP contribution in [0.25, 0.3) is 0 Å². The van der Waals surface area contributed by atoms with Gasteiger partial charge in [-0.15, -0.1) is 0 Å².